The molecule has 0 unspecified atom stereocenters. The van der Waals surface area contributed by atoms with E-state index in [1.165, 1.54) is 6.07 Å². The molecule has 0 bridgehead atoms. The van der Waals surface area contributed by atoms with Crippen molar-refractivity contribution in [1.29, 1.82) is 0 Å². The van der Waals surface area contributed by atoms with E-state index in [4.69, 9.17) is 0 Å². The Labute approximate surface area is 85.3 Å². The molecule has 0 aliphatic rings. The Morgan fingerprint density at radius 1 is 1.55 bits per heavy atom. The molecule has 0 amide bonds. The van der Waals surface area contributed by atoms with E-state index in [2.05, 4.69) is 15.9 Å². The van der Waals surface area contributed by atoms with Gasteiger partial charge in [-0.15, -0.1) is 0 Å². The van der Waals surface area contributed by atoms with Crippen molar-refractivity contribution < 1.29 is 9.18 Å². The summed E-state index contributed by atoms with van der Waals surface area (Å²) in [5.74, 6) is -0.494. The van der Waals surface area contributed by atoms with Crippen LogP contribution in [-0.4, -0.2) is 6.29 Å². The van der Waals surface area contributed by atoms with E-state index >= 15 is 0 Å². The van der Waals surface area contributed by atoms with Crippen LogP contribution in [-0.2, 0) is 0 Å². The van der Waals surface area contributed by atoms with Gasteiger partial charge in [0.05, 0.1) is 10.0 Å². The zero-order valence-electron chi connectivity index (χ0n) is 5.27. The Kier molecular flexibility index (Phi) is 3.00. The smallest absolute Gasteiger partial charge is 0.153 e. The second-order valence-electron chi connectivity index (χ2n) is 1.88. The minimum absolute atomic E-state index is 0.0808. The van der Waals surface area contributed by atoms with Crippen molar-refractivity contribution in [3.63, 3.8) is 0 Å². The van der Waals surface area contributed by atoms with Crippen molar-refractivity contribution in [3.05, 3.63) is 31.6 Å². The van der Waals surface area contributed by atoms with Gasteiger partial charge in [0, 0.05) is 3.57 Å². The highest BCUT2D eigenvalue weighted by Crippen LogP contribution is 2.23. The van der Waals surface area contributed by atoms with E-state index in [0.717, 1.165) is 3.57 Å². The summed E-state index contributed by atoms with van der Waals surface area (Å²) in [6, 6.07) is 3.13. The van der Waals surface area contributed by atoms with E-state index in [-0.39, 0.29) is 5.56 Å². The van der Waals surface area contributed by atoms with Crippen LogP contribution in [0.2, 0.25) is 0 Å². The van der Waals surface area contributed by atoms with Gasteiger partial charge in [-0.2, -0.15) is 0 Å². The second kappa shape index (κ2) is 3.62. The van der Waals surface area contributed by atoms with Gasteiger partial charge in [-0.05, 0) is 50.7 Å². The van der Waals surface area contributed by atoms with Gasteiger partial charge in [-0.25, -0.2) is 4.39 Å². The van der Waals surface area contributed by atoms with Crippen molar-refractivity contribution >= 4 is 44.8 Å². The molecular weight excluding hydrogens is 326 g/mol. The number of hydrogen-bond acceptors (Lipinski definition) is 1. The number of benzene rings is 1. The van der Waals surface area contributed by atoms with Crippen molar-refractivity contribution in [2.75, 3.05) is 0 Å². The van der Waals surface area contributed by atoms with Crippen LogP contribution in [0.5, 0.6) is 0 Å². The highest BCUT2D eigenvalue weighted by Gasteiger charge is 2.07. The summed E-state index contributed by atoms with van der Waals surface area (Å²) in [5.41, 5.74) is 0.0808. The molecule has 0 saturated carbocycles. The van der Waals surface area contributed by atoms with Gasteiger partial charge < -0.3 is 0 Å². The second-order valence-corrected chi connectivity index (χ2v) is 3.84. The third-order valence-corrected chi connectivity index (χ3v) is 3.61. The lowest BCUT2D eigenvalue weighted by atomic mass is 10.2. The molecule has 0 fully saturated rings. The first-order valence-electron chi connectivity index (χ1n) is 2.75. The fourth-order valence-corrected chi connectivity index (χ4v) is 1.41. The number of hydrogen-bond donors (Lipinski definition) is 0. The third-order valence-electron chi connectivity index (χ3n) is 1.19. The molecular formula is C7H3BrFIO. The molecule has 1 rings (SSSR count). The maximum atomic E-state index is 13.0. The van der Waals surface area contributed by atoms with Gasteiger partial charge in [0.2, 0.25) is 0 Å². The Hall–Kier alpha value is 0.0300. The first-order chi connectivity index (χ1) is 5.16. The number of carbonyl (C=O) groups excluding carboxylic acids is 1. The molecule has 0 N–H and O–H groups in total. The van der Waals surface area contributed by atoms with Gasteiger partial charge >= 0.3 is 0 Å². The number of aldehydes is 1. The highest BCUT2D eigenvalue weighted by atomic mass is 127. The lowest BCUT2D eigenvalue weighted by Gasteiger charge is -1.98. The van der Waals surface area contributed by atoms with Crippen molar-refractivity contribution in [3.8, 4) is 0 Å². The molecule has 0 heterocycles. The van der Waals surface area contributed by atoms with Crippen LogP contribution in [0.1, 0.15) is 10.4 Å². The maximum absolute atomic E-state index is 13.0. The molecule has 0 atom stereocenters. The quantitative estimate of drug-likeness (QED) is 0.440. The van der Waals surface area contributed by atoms with Crippen molar-refractivity contribution in [1.82, 2.24) is 0 Å². The average Bonchev–Trinajstić information content (AvgIpc) is 2.01. The molecule has 4 heteroatoms. The lowest BCUT2D eigenvalue weighted by molar-refractivity contribution is 0.111. The topological polar surface area (TPSA) is 17.1 Å². The Morgan fingerprint density at radius 3 is 2.73 bits per heavy atom. The molecule has 58 valence electrons. The lowest BCUT2D eigenvalue weighted by Crippen LogP contribution is -1.90. The zero-order valence-corrected chi connectivity index (χ0v) is 9.02. The SMILES string of the molecule is O=Cc1ccc(I)c(Br)c1F. The van der Waals surface area contributed by atoms with Crippen LogP contribution < -0.4 is 0 Å². The van der Waals surface area contributed by atoms with E-state index < -0.39 is 5.82 Å². The average molecular weight is 329 g/mol. The molecule has 0 spiro atoms. The minimum Gasteiger partial charge on any atom is -0.298 e. The first kappa shape index (κ1) is 9.12. The Balaban J connectivity index is 3.36. The molecule has 0 saturated heterocycles. The molecule has 0 radical (unpaired) electrons. The fourth-order valence-electron chi connectivity index (χ4n) is 0.632. The fraction of sp³-hybridized carbons (Fsp3) is 0. The van der Waals surface area contributed by atoms with Crippen LogP contribution in [0.3, 0.4) is 0 Å². The van der Waals surface area contributed by atoms with E-state index in [1.54, 1.807) is 6.07 Å². The van der Waals surface area contributed by atoms with Gasteiger partial charge in [0.25, 0.3) is 0 Å². The zero-order chi connectivity index (χ0) is 8.43. The van der Waals surface area contributed by atoms with E-state index in [1.807, 2.05) is 22.6 Å². The summed E-state index contributed by atoms with van der Waals surface area (Å²) in [4.78, 5) is 10.2. The summed E-state index contributed by atoms with van der Waals surface area (Å²) in [7, 11) is 0. The summed E-state index contributed by atoms with van der Waals surface area (Å²) in [6.45, 7) is 0. The Morgan fingerprint density at radius 2 is 2.18 bits per heavy atom. The largest absolute Gasteiger partial charge is 0.298 e. The van der Waals surface area contributed by atoms with E-state index in [0.29, 0.717) is 10.8 Å². The summed E-state index contributed by atoms with van der Waals surface area (Å²) in [6.07, 6.45) is 0.496. The van der Waals surface area contributed by atoms with Crippen molar-refractivity contribution in [2.24, 2.45) is 0 Å². The Bertz CT molecular complexity index is 301. The monoisotopic (exact) mass is 328 g/mol. The van der Waals surface area contributed by atoms with E-state index in [9.17, 15) is 9.18 Å². The summed E-state index contributed by atoms with van der Waals surface area (Å²) in [5, 5.41) is 0. The van der Waals surface area contributed by atoms with Crippen LogP contribution in [0.15, 0.2) is 16.6 Å². The normalized spacial score (nSPS) is 9.73. The number of carbonyl (C=O) groups is 1. The van der Waals surface area contributed by atoms with Crippen LogP contribution in [0.4, 0.5) is 4.39 Å². The minimum atomic E-state index is -0.494. The van der Waals surface area contributed by atoms with Gasteiger partial charge in [0.1, 0.15) is 5.82 Å². The molecule has 1 aromatic carbocycles. The maximum Gasteiger partial charge on any atom is 0.153 e. The van der Waals surface area contributed by atoms with Crippen LogP contribution >= 0.6 is 38.5 Å². The molecule has 0 aliphatic carbocycles. The third kappa shape index (κ3) is 1.79. The molecule has 0 aliphatic heterocycles. The highest BCUT2D eigenvalue weighted by molar-refractivity contribution is 14.1. The summed E-state index contributed by atoms with van der Waals surface area (Å²) < 4.78 is 14.1. The van der Waals surface area contributed by atoms with Crippen LogP contribution in [0.25, 0.3) is 0 Å². The predicted octanol–water partition coefficient (Wildman–Crippen LogP) is 3.01. The summed E-state index contributed by atoms with van der Waals surface area (Å²) >= 11 is 5.01. The first-order valence-corrected chi connectivity index (χ1v) is 4.62. The number of halogens is 3. The number of rotatable bonds is 1. The van der Waals surface area contributed by atoms with Gasteiger partial charge in [-0.3, -0.25) is 4.79 Å². The molecule has 1 nitrogen and oxygen atoms in total. The predicted molar refractivity (Wildman–Crippen MR) is 52.2 cm³/mol. The molecule has 11 heavy (non-hydrogen) atoms. The van der Waals surface area contributed by atoms with Crippen LogP contribution in [0, 0.1) is 9.39 Å². The molecule has 1 aromatic rings. The van der Waals surface area contributed by atoms with Gasteiger partial charge in [-0.1, -0.05) is 0 Å². The van der Waals surface area contributed by atoms with Gasteiger partial charge in [0.15, 0.2) is 6.29 Å². The van der Waals surface area contributed by atoms with Crippen molar-refractivity contribution in [2.45, 2.75) is 0 Å². The standard InChI is InChI=1S/C7H3BrFIO/c8-6-5(10)2-1-4(3-11)7(6)9/h1-3H. The molecule has 0 aromatic heterocycles.